The SMILES string of the molecule is FC(F)(F)OCCN1CCCC(CBr)C1. The fraction of sp³-hybridized carbons (Fsp3) is 1.00. The second-order valence-corrected chi connectivity index (χ2v) is 4.40. The standard InChI is InChI=1S/C9H15BrF3NO/c10-6-8-2-1-3-14(7-8)4-5-15-9(11,12)13/h8H,1-7H2. The molecule has 1 saturated heterocycles. The molecule has 1 aliphatic rings. The van der Waals surface area contributed by atoms with E-state index in [1.807, 2.05) is 4.90 Å². The number of alkyl halides is 4. The molecule has 0 saturated carbocycles. The predicted molar refractivity (Wildman–Crippen MR) is 55.0 cm³/mol. The van der Waals surface area contributed by atoms with E-state index in [-0.39, 0.29) is 6.61 Å². The maximum absolute atomic E-state index is 11.7. The first-order chi connectivity index (χ1) is 7.01. The van der Waals surface area contributed by atoms with Gasteiger partial charge in [0.2, 0.25) is 0 Å². The van der Waals surface area contributed by atoms with Gasteiger partial charge in [-0.25, -0.2) is 0 Å². The molecule has 0 N–H and O–H groups in total. The van der Waals surface area contributed by atoms with Crippen LogP contribution in [0.15, 0.2) is 0 Å². The summed E-state index contributed by atoms with van der Waals surface area (Å²) >= 11 is 3.40. The number of hydrogen-bond acceptors (Lipinski definition) is 2. The van der Waals surface area contributed by atoms with Crippen molar-refractivity contribution >= 4 is 15.9 Å². The van der Waals surface area contributed by atoms with Gasteiger partial charge in [-0.3, -0.25) is 4.74 Å². The zero-order valence-electron chi connectivity index (χ0n) is 8.39. The lowest BCUT2D eigenvalue weighted by molar-refractivity contribution is -0.325. The molecular formula is C9H15BrF3NO. The first-order valence-corrected chi connectivity index (χ1v) is 6.12. The number of piperidine rings is 1. The van der Waals surface area contributed by atoms with E-state index < -0.39 is 6.36 Å². The molecule has 0 aromatic carbocycles. The number of ether oxygens (including phenoxy) is 1. The smallest absolute Gasteiger partial charge is 0.301 e. The van der Waals surface area contributed by atoms with Crippen molar-refractivity contribution in [2.75, 3.05) is 31.6 Å². The van der Waals surface area contributed by atoms with Gasteiger partial charge < -0.3 is 4.90 Å². The third-order valence-electron chi connectivity index (χ3n) is 2.49. The third kappa shape index (κ3) is 5.73. The van der Waals surface area contributed by atoms with Crippen molar-refractivity contribution < 1.29 is 17.9 Å². The molecule has 1 rings (SSSR count). The minimum atomic E-state index is -4.50. The first-order valence-electron chi connectivity index (χ1n) is 5.00. The largest absolute Gasteiger partial charge is 0.522 e. The minimum absolute atomic E-state index is 0.265. The molecule has 1 unspecified atom stereocenters. The number of likely N-dealkylation sites (tertiary alicyclic amines) is 1. The van der Waals surface area contributed by atoms with Gasteiger partial charge in [-0.2, -0.15) is 0 Å². The van der Waals surface area contributed by atoms with Crippen LogP contribution in [0.1, 0.15) is 12.8 Å². The molecule has 0 aromatic heterocycles. The molecule has 90 valence electrons. The molecule has 0 radical (unpaired) electrons. The molecule has 1 aliphatic heterocycles. The highest BCUT2D eigenvalue weighted by molar-refractivity contribution is 9.09. The van der Waals surface area contributed by atoms with Crippen LogP contribution >= 0.6 is 15.9 Å². The Bertz CT molecular complexity index is 189. The van der Waals surface area contributed by atoms with Crippen molar-refractivity contribution in [1.82, 2.24) is 4.90 Å². The summed E-state index contributed by atoms with van der Waals surface area (Å²) in [4.78, 5) is 2.03. The summed E-state index contributed by atoms with van der Waals surface area (Å²) in [6, 6.07) is 0. The molecule has 2 nitrogen and oxygen atoms in total. The van der Waals surface area contributed by atoms with Crippen LogP contribution in [0.4, 0.5) is 13.2 Å². The van der Waals surface area contributed by atoms with Crippen molar-refractivity contribution in [3.05, 3.63) is 0 Å². The lowest BCUT2D eigenvalue weighted by Crippen LogP contribution is -2.38. The molecule has 0 aromatic rings. The van der Waals surface area contributed by atoms with Gasteiger partial charge >= 0.3 is 6.36 Å². The van der Waals surface area contributed by atoms with Crippen LogP contribution in [-0.2, 0) is 4.74 Å². The van der Waals surface area contributed by atoms with E-state index in [1.54, 1.807) is 0 Å². The molecule has 0 amide bonds. The number of hydrogen-bond donors (Lipinski definition) is 0. The molecule has 0 spiro atoms. The summed E-state index contributed by atoms with van der Waals surface area (Å²) in [5.41, 5.74) is 0. The molecule has 1 fully saturated rings. The maximum atomic E-state index is 11.7. The van der Waals surface area contributed by atoms with E-state index in [1.165, 1.54) is 0 Å². The van der Waals surface area contributed by atoms with Crippen LogP contribution in [-0.4, -0.2) is 42.8 Å². The van der Waals surface area contributed by atoms with E-state index in [9.17, 15) is 13.2 Å². The van der Waals surface area contributed by atoms with Gasteiger partial charge in [0.25, 0.3) is 0 Å². The summed E-state index contributed by atoms with van der Waals surface area (Å²) in [5, 5.41) is 0.920. The zero-order chi connectivity index (χ0) is 11.3. The van der Waals surface area contributed by atoms with Crippen molar-refractivity contribution in [3.8, 4) is 0 Å². The van der Waals surface area contributed by atoms with Gasteiger partial charge in [0.15, 0.2) is 0 Å². The van der Waals surface area contributed by atoms with Crippen molar-refractivity contribution in [1.29, 1.82) is 0 Å². The fourth-order valence-electron chi connectivity index (χ4n) is 1.77. The predicted octanol–water partition coefficient (Wildman–Crippen LogP) is 2.63. The van der Waals surface area contributed by atoms with E-state index in [0.717, 1.165) is 31.3 Å². The van der Waals surface area contributed by atoms with Crippen LogP contribution in [0, 0.1) is 5.92 Å². The molecule has 1 heterocycles. The average Bonchev–Trinajstić information content (AvgIpc) is 2.16. The summed E-state index contributed by atoms with van der Waals surface area (Å²) in [6.45, 7) is 1.85. The van der Waals surface area contributed by atoms with Crippen LogP contribution in [0.2, 0.25) is 0 Å². The Hall–Kier alpha value is 0.190. The lowest BCUT2D eigenvalue weighted by Gasteiger charge is -2.31. The summed E-state index contributed by atoms with van der Waals surface area (Å²) in [6.07, 6.45) is -2.28. The third-order valence-corrected chi connectivity index (χ3v) is 3.41. The highest BCUT2D eigenvalue weighted by Gasteiger charge is 2.29. The Morgan fingerprint density at radius 2 is 2.13 bits per heavy atom. The van der Waals surface area contributed by atoms with Crippen molar-refractivity contribution in [2.45, 2.75) is 19.2 Å². The quantitative estimate of drug-likeness (QED) is 0.738. The topological polar surface area (TPSA) is 12.5 Å². The summed E-state index contributed by atoms with van der Waals surface area (Å²) in [5.74, 6) is 0.560. The van der Waals surface area contributed by atoms with E-state index in [2.05, 4.69) is 20.7 Å². The van der Waals surface area contributed by atoms with Crippen LogP contribution in [0.25, 0.3) is 0 Å². The summed E-state index contributed by atoms with van der Waals surface area (Å²) < 4.78 is 38.9. The highest BCUT2D eigenvalue weighted by atomic mass is 79.9. The molecule has 6 heteroatoms. The van der Waals surface area contributed by atoms with Crippen molar-refractivity contribution in [3.63, 3.8) is 0 Å². The number of rotatable bonds is 4. The van der Waals surface area contributed by atoms with Gasteiger partial charge in [0.1, 0.15) is 0 Å². The van der Waals surface area contributed by atoms with Crippen LogP contribution in [0.5, 0.6) is 0 Å². The zero-order valence-corrected chi connectivity index (χ0v) is 9.98. The Balaban J connectivity index is 2.15. The second kappa shape index (κ2) is 6.06. The van der Waals surface area contributed by atoms with Crippen LogP contribution in [0.3, 0.4) is 0 Å². The molecule has 0 bridgehead atoms. The minimum Gasteiger partial charge on any atom is -0.301 e. The van der Waals surface area contributed by atoms with E-state index in [4.69, 9.17) is 0 Å². The Kier molecular flexibility index (Phi) is 5.35. The second-order valence-electron chi connectivity index (χ2n) is 3.76. The maximum Gasteiger partial charge on any atom is 0.522 e. The van der Waals surface area contributed by atoms with Gasteiger partial charge in [-0.1, -0.05) is 15.9 Å². The van der Waals surface area contributed by atoms with E-state index >= 15 is 0 Å². The fourth-order valence-corrected chi connectivity index (χ4v) is 2.30. The average molecular weight is 290 g/mol. The van der Waals surface area contributed by atoms with Gasteiger partial charge in [0, 0.05) is 18.4 Å². The first kappa shape index (κ1) is 13.3. The number of halogens is 4. The monoisotopic (exact) mass is 289 g/mol. The van der Waals surface area contributed by atoms with Crippen molar-refractivity contribution in [2.24, 2.45) is 5.92 Å². The normalized spacial score (nSPS) is 24.4. The molecule has 1 atom stereocenters. The Morgan fingerprint density at radius 3 is 2.73 bits per heavy atom. The Labute approximate surface area is 95.9 Å². The van der Waals surface area contributed by atoms with Gasteiger partial charge in [-0.05, 0) is 25.3 Å². The summed E-state index contributed by atoms with van der Waals surface area (Å²) in [7, 11) is 0. The number of nitrogens with zero attached hydrogens (tertiary/aromatic N) is 1. The van der Waals surface area contributed by atoms with Gasteiger partial charge in [0.05, 0.1) is 6.61 Å². The molecule has 15 heavy (non-hydrogen) atoms. The van der Waals surface area contributed by atoms with Crippen LogP contribution < -0.4 is 0 Å². The van der Waals surface area contributed by atoms with E-state index in [0.29, 0.717) is 12.5 Å². The van der Waals surface area contributed by atoms with Gasteiger partial charge in [-0.15, -0.1) is 13.2 Å². The molecular weight excluding hydrogens is 275 g/mol. The highest BCUT2D eigenvalue weighted by Crippen LogP contribution is 2.19. The molecule has 0 aliphatic carbocycles. The lowest BCUT2D eigenvalue weighted by atomic mass is 10.0. The Morgan fingerprint density at radius 1 is 1.40 bits per heavy atom.